The second kappa shape index (κ2) is 7.56. The molecule has 0 amide bonds. The molecule has 2 rings (SSSR count). The van der Waals surface area contributed by atoms with E-state index in [4.69, 9.17) is 14.2 Å². The fourth-order valence-corrected chi connectivity index (χ4v) is 2.46. The van der Waals surface area contributed by atoms with Crippen molar-refractivity contribution in [2.75, 3.05) is 14.2 Å². The molecular weight excluding hydrogens is 344 g/mol. The molecule has 2 N–H and O–H groups in total. The number of carboxylic acids is 2. The molecule has 0 fully saturated rings. The topological polar surface area (TPSA) is 119 Å². The number of benzene rings is 2. The summed E-state index contributed by atoms with van der Waals surface area (Å²) >= 11 is 0. The smallest absolute Gasteiger partial charge is 0.336 e. The SMILES string of the molecule is COc1ccc(C(=O)O)c(-c2c(C(=O)O)ccc(OC)c2OC(C)=O)c1. The summed E-state index contributed by atoms with van der Waals surface area (Å²) in [5, 5.41) is 19.0. The van der Waals surface area contributed by atoms with E-state index in [1.54, 1.807) is 0 Å². The number of ether oxygens (including phenoxy) is 3. The highest BCUT2D eigenvalue weighted by atomic mass is 16.6. The summed E-state index contributed by atoms with van der Waals surface area (Å²) in [5.41, 5.74) is -0.513. The van der Waals surface area contributed by atoms with Crippen molar-refractivity contribution in [1.29, 1.82) is 0 Å². The molecule has 0 heterocycles. The van der Waals surface area contributed by atoms with Crippen LogP contribution in [0.2, 0.25) is 0 Å². The normalized spacial score (nSPS) is 10.1. The first-order valence-corrected chi connectivity index (χ1v) is 7.34. The van der Waals surface area contributed by atoms with Crippen molar-refractivity contribution >= 4 is 17.9 Å². The van der Waals surface area contributed by atoms with Crippen LogP contribution in [0.1, 0.15) is 27.6 Å². The van der Waals surface area contributed by atoms with Gasteiger partial charge in [-0.3, -0.25) is 4.79 Å². The van der Waals surface area contributed by atoms with Crippen LogP contribution >= 0.6 is 0 Å². The number of hydrogen-bond acceptors (Lipinski definition) is 6. The zero-order chi connectivity index (χ0) is 19.4. The summed E-state index contributed by atoms with van der Waals surface area (Å²) in [6, 6.07) is 6.64. The van der Waals surface area contributed by atoms with Crippen LogP contribution in [0.5, 0.6) is 17.2 Å². The third-order valence-electron chi connectivity index (χ3n) is 3.54. The van der Waals surface area contributed by atoms with E-state index in [0.717, 1.165) is 6.92 Å². The molecular formula is C18H16O8. The molecule has 0 saturated carbocycles. The quantitative estimate of drug-likeness (QED) is 0.596. The van der Waals surface area contributed by atoms with Gasteiger partial charge in [0.1, 0.15) is 5.75 Å². The molecule has 0 saturated heterocycles. The molecule has 0 radical (unpaired) electrons. The Morgan fingerprint density at radius 1 is 0.885 bits per heavy atom. The first-order valence-electron chi connectivity index (χ1n) is 7.34. The van der Waals surface area contributed by atoms with Gasteiger partial charge in [0, 0.05) is 18.1 Å². The van der Waals surface area contributed by atoms with Gasteiger partial charge < -0.3 is 24.4 Å². The Kier molecular flexibility index (Phi) is 5.46. The van der Waals surface area contributed by atoms with Crippen LogP contribution in [-0.2, 0) is 4.79 Å². The Balaban J connectivity index is 2.96. The fraction of sp³-hybridized carbons (Fsp3) is 0.167. The largest absolute Gasteiger partial charge is 0.497 e. The lowest BCUT2D eigenvalue weighted by molar-refractivity contribution is -0.131. The molecule has 0 aromatic heterocycles. The van der Waals surface area contributed by atoms with Gasteiger partial charge >= 0.3 is 17.9 Å². The van der Waals surface area contributed by atoms with Crippen LogP contribution in [0.25, 0.3) is 11.1 Å². The van der Waals surface area contributed by atoms with E-state index in [-0.39, 0.29) is 33.8 Å². The Morgan fingerprint density at radius 2 is 1.50 bits per heavy atom. The lowest BCUT2D eigenvalue weighted by Crippen LogP contribution is -2.10. The Hall–Kier alpha value is -3.55. The van der Waals surface area contributed by atoms with E-state index in [1.165, 1.54) is 44.6 Å². The Bertz CT molecular complexity index is 885. The molecule has 26 heavy (non-hydrogen) atoms. The number of carbonyl (C=O) groups excluding carboxylic acids is 1. The maximum atomic E-state index is 11.7. The van der Waals surface area contributed by atoms with Gasteiger partial charge in [0.15, 0.2) is 11.5 Å². The van der Waals surface area contributed by atoms with Gasteiger partial charge in [-0.05, 0) is 30.3 Å². The average Bonchev–Trinajstić information content (AvgIpc) is 2.59. The first kappa shape index (κ1) is 18.8. The summed E-state index contributed by atoms with van der Waals surface area (Å²) in [6.45, 7) is 1.14. The minimum absolute atomic E-state index is 0.0180. The highest BCUT2D eigenvalue weighted by molar-refractivity contribution is 6.05. The van der Waals surface area contributed by atoms with Crippen molar-refractivity contribution < 1.29 is 38.8 Å². The Morgan fingerprint density at radius 3 is 2.00 bits per heavy atom. The average molecular weight is 360 g/mol. The maximum Gasteiger partial charge on any atom is 0.336 e. The zero-order valence-electron chi connectivity index (χ0n) is 14.2. The molecule has 0 aliphatic carbocycles. The molecule has 0 spiro atoms. The molecule has 0 unspecified atom stereocenters. The molecule has 0 aliphatic rings. The highest BCUT2D eigenvalue weighted by Gasteiger charge is 2.26. The van der Waals surface area contributed by atoms with Crippen molar-refractivity contribution in [2.24, 2.45) is 0 Å². The molecule has 0 aliphatic heterocycles. The number of carboxylic acid groups (broad SMARTS) is 2. The lowest BCUT2D eigenvalue weighted by Gasteiger charge is -2.17. The van der Waals surface area contributed by atoms with Gasteiger partial charge in [0.2, 0.25) is 0 Å². The number of aromatic carboxylic acids is 2. The standard InChI is InChI=1S/C18H16O8/c1-9(19)26-16-14(25-3)7-6-12(18(22)23)15(16)13-8-10(24-2)4-5-11(13)17(20)21/h4-8H,1-3H3,(H,20,21)(H,22,23). The van der Waals surface area contributed by atoms with E-state index in [1.807, 2.05) is 0 Å². The molecule has 2 aromatic rings. The molecule has 0 bridgehead atoms. The zero-order valence-corrected chi connectivity index (χ0v) is 14.2. The molecule has 2 aromatic carbocycles. The van der Waals surface area contributed by atoms with Gasteiger partial charge in [-0.1, -0.05) is 0 Å². The number of methoxy groups -OCH3 is 2. The van der Waals surface area contributed by atoms with E-state index in [9.17, 15) is 24.6 Å². The van der Waals surface area contributed by atoms with E-state index in [2.05, 4.69) is 0 Å². The third kappa shape index (κ3) is 3.59. The first-order chi connectivity index (χ1) is 12.3. The van der Waals surface area contributed by atoms with Crippen LogP contribution in [-0.4, -0.2) is 42.3 Å². The number of hydrogen-bond donors (Lipinski definition) is 2. The van der Waals surface area contributed by atoms with Crippen LogP contribution in [0.3, 0.4) is 0 Å². The summed E-state index contributed by atoms with van der Waals surface area (Å²) < 4.78 is 15.4. The minimum Gasteiger partial charge on any atom is -0.497 e. The summed E-state index contributed by atoms with van der Waals surface area (Å²) in [6.07, 6.45) is 0. The highest BCUT2D eigenvalue weighted by Crippen LogP contribution is 2.43. The lowest BCUT2D eigenvalue weighted by atomic mass is 9.93. The second-order valence-electron chi connectivity index (χ2n) is 5.13. The van der Waals surface area contributed by atoms with Crippen LogP contribution < -0.4 is 14.2 Å². The molecule has 8 heteroatoms. The molecule has 8 nitrogen and oxygen atoms in total. The number of carbonyl (C=O) groups is 3. The number of esters is 1. The van der Waals surface area contributed by atoms with Crippen molar-refractivity contribution in [2.45, 2.75) is 6.92 Å². The molecule has 0 atom stereocenters. The van der Waals surface area contributed by atoms with Gasteiger partial charge in [-0.2, -0.15) is 0 Å². The summed E-state index contributed by atoms with van der Waals surface area (Å²) in [5.74, 6) is -3.12. The third-order valence-corrected chi connectivity index (χ3v) is 3.54. The van der Waals surface area contributed by atoms with Crippen molar-refractivity contribution in [3.8, 4) is 28.4 Å². The van der Waals surface area contributed by atoms with E-state index >= 15 is 0 Å². The van der Waals surface area contributed by atoms with Gasteiger partial charge in [-0.25, -0.2) is 9.59 Å². The summed E-state index contributed by atoms with van der Waals surface area (Å²) in [7, 11) is 2.70. The van der Waals surface area contributed by atoms with Crippen LogP contribution in [0.4, 0.5) is 0 Å². The predicted molar refractivity (Wildman–Crippen MR) is 90.2 cm³/mol. The fourth-order valence-electron chi connectivity index (χ4n) is 2.46. The summed E-state index contributed by atoms with van der Waals surface area (Å²) in [4.78, 5) is 34.9. The van der Waals surface area contributed by atoms with Crippen molar-refractivity contribution in [3.63, 3.8) is 0 Å². The van der Waals surface area contributed by atoms with E-state index in [0.29, 0.717) is 5.75 Å². The van der Waals surface area contributed by atoms with Crippen molar-refractivity contribution in [1.82, 2.24) is 0 Å². The van der Waals surface area contributed by atoms with Crippen LogP contribution in [0, 0.1) is 0 Å². The van der Waals surface area contributed by atoms with E-state index < -0.39 is 17.9 Å². The predicted octanol–water partition coefficient (Wildman–Crippen LogP) is 2.69. The maximum absolute atomic E-state index is 11.7. The van der Waals surface area contributed by atoms with Crippen LogP contribution in [0.15, 0.2) is 30.3 Å². The Labute approximate surface area is 148 Å². The number of rotatable bonds is 6. The van der Waals surface area contributed by atoms with Gasteiger partial charge in [0.25, 0.3) is 0 Å². The molecule has 136 valence electrons. The van der Waals surface area contributed by atoms with Gasteiger partial charge in [0.05, 0.1) is 25.3 Å². The minimum atomic E-state index is -1.32. The second-order valence-corrected chi connectivity index (χ2v) is 5.13. The monoisotopic (exact) mass is 360 g/mol. The van der Waals surface area contributed by atoms with Gasteiger partial charge in [-0.15, -0.1) is 0 Å². The van der Waals surface area contributed by atoms with Crippen molar-refractivity contribution in [3.05, 3.63) is 41.5 Å².